The van der Waals surface area contributed by atoms with Gasteiger partial charge in [0.15, 0.2) is 0 Å². The Morgan fingerprint density at radius 3 is 2.79 bits per heavy atom. The molecular formula is C14H19ClNO3+. The number of hydrogen-bond donors (Lipinski definition) is 1. The molecule has 1 aliphatic rings. The second kappa shape index (κ2) is 6.89. The third-order valence-corrected chi connectivity index (χ3v) is 3.51. The second-order valence-electron chi connectivity index (χ2n) is 4.76. The van der Waals surface area contributed by atoms with Gasteiger partial charge >= 0.3 is 5.97 Å². The number of halogens is 1. The molecule has 4 nitrogen and oxygen atoms in total. The largest absolute Gasteiger partial charge is 0.453 e. The summed E-state index contributed by atoms with van der Waals surface area (Å²) in [4.78, 5) is 13.4. The van der Waals surface area contributed by atoms with Gasteiger partial charge in [0, 0.05) is 0 Å². The fourth-order valence-electron chi connectivity index (χ4n) is 2.19. The van der Waals surface area contributed by atoms with Crippen molar-refractivity contribution in [1.29, 1.82) is 0 Å². The minimum Gasteiger partial charge on any atom is -0.453 e. The molecule has 1 aromatic rings. The molecule has 0 amide bonds. The van der Waals surface area contributed by atoms with Crippen molar-refractivity contribution < 1.29 is 19.2 Å². The summed E-state index contributed by atoms with van der Waals surface area (Å²) in [7, 11) is 0. The highest BCUT2D eigenvalue weighted by molar-refractivity contribution is 6.33. The summed E-state index contributed by atoms with van der Waals surface area (Å²) in [6, 6.07) is 6.94. The molecule has 1 N–H and O–H groups in total. The SMILES string of the molecule is C[C@H](C[NH+]1CCOCC1)OC(=O)c1ccccc1Cl. The third-order valence-electron chi connectivity index (χ3n) is 3.18. The topological polar surface area (TPSA) is 40.0 Å². The molecular weight excluding hydrogens is 266 g/mol. The van der Waals surface area contributed by atoms with Crippen molar-refractivity contribution in [3.8, 4) is 0 Å². The van der Waals surface area contributed by atoms with E-state index in [0.717, 1.165) is 32.8 Å². The van der Waals surface area contributed by atoms with E-state index in [2.05, 4.69) is 0 Å². The lowest BCUT2D eigenvalue weighted by atomic mass is 10.2. The molecule has 0 bridgehead atoms. The Morgan fingerprint density at radius 2 is 2.11 bits per heavy atom. The van der Waals surface area contributed by atoms with Gasteiger partial charge in [-0.1, -0.05) is 23.7 Å². The molecule has 0 saturated carbocycles. The highest BCUT2D eigenvalue weighted by Gasteiger charge is 2.21. The van der Waals surface area contributed by atoms with Gasteiger partial charge in [0.2, 0.25) is 0 Å². The normalized spacial score (nSPS) is 18.0. The van der Waals surface area contributed by atoms with Gasteiger partial charge in [-0.2, -0.15) is 0 Å². The highest BCUT2D eigenvalue weighted by Crippen LogP contribution is 2.16. The summed E-state index contributed by atoms with van der Waals surface area (Å²) in [6.45, 7) is 6.21. The van der Waals surface area contributed by atoms with Crippen molar-refractivity contribution in [1.82, 2.24) is 0 Å². The van der Waals surface area contributed by atoms with Gasteiger partial charge in [-0.3, -0.25) is 0 Å². The van der Waals surface area contributed by atoms with E-state index >= 15 is 0 Å². The van der Waals surface area contributed by atoms with Gasteiger partial charge in [-0.25, -0.2) is 4.79 Å². The quantitative estimate of drug-likeness (QED) is 0.832. The summed E-state index contributed by atoms with van der Waals surface area (Å²) < 4.78 is 10.7. The van der Waals surface area contributed by atoms with Crippen molar-refractivity contribution in [3.05, 3.63) is 34.9 Å². The molecule has 1 fully saturated rings. The molecule has 5 heteroatoms. The van der Waals surface area contributed by atoms with Crippen LogP contribution < -0.4 is 4.90 Å². The minimum absolute atomic E-state index is 0.128. The maximum Gasteiger partial charge on any atom is 0.340 e. The van der Waals surface area contributed by atoms with Crippen molar-refractivity contribution in [3.63, 3.8) is 0 Å². The van der Waals surface area contributed by atoms with Crippen LogP contribution in [0.2, 0.25) is 5.02 Å². The van der Waals surface area contributed by atoms with E-state index in [-0.39, 0.29) is 12.1 Å². The number of esters is 1. The first-order valence-electron chi connectivity index (χ1n) is 6.53. The van der Waals surface area contributed by atoms with Gasteiger partial charge in [0.25, 0.3) is 0 Å². The third kappa shape index (κ3) is 4.20. The number of nitrogens with one attached hydrogen (secondary N) is 1. The van der Waals surface area contributed by atoms with Crippen molar-refractivity contribution in [2.75, 3.05) is 32.8 Å². The first kappa shape index (κ1) is 14.3. The number of carbonyl (C=O) groups is 1. The van der Waals surface area contributed by atoms with Crippen LogP contribution in [0.1, 0.15) is 17.3 Å². The van der Waals surface area contributed by atoms with Crippen LogP contribution in [0.3, 0.4) is 0 Å². The van der Waals surface area contributed by atoms with Crippen LogP contribution in [0.15, 0.2) is 24.3 Å². The van der Waals surface area contributed by atoms with Crippen LogP contribution in [-0.4, -0.2) is 44.9 Å². The molecule has 1 aromatic carbocycles. The summed E-state index contributed by atoms with van der Waals surface area (Å²) in [5, 5.41) is 0.429. The second-order valence-corrected chi connectivity index (χ2v) is 5.17. The lowest BCUT2D eigenvalue weighted by Crippen LogP contribution is -3.15. The number of morpholine rings is 1. The maximum absolute atomic E-state index is 12.0. The van der Waals surface area contributed by atoms with Crippen LogP contribution in [0.4, 0.5) is 0 Å². The number of carbonyl (C=O) groups excluding carboxylic acids is 1. The van der Waals surface area contributed by atoms with Crippen LogP contribution in [-0.2, 0) is 9.47 Å². The molecule has 1 heterocycles. The van der Waals surface area contributed by atoms with Gasteiger partial charge < -0.3 is 14.4 Å². The number of rotatable bonds is 4. The zero-order chi connectivity index (χ0) is 13.7. The molecule has 0 unspecified atom stereocenters. The Bertz CT molecular complexity index is 432. The fourth-order valence-corrected chi connectivity index (χ4v) is 2.40. The average molecular weight is 285 g/mol. The maximum atomic E-state index is 12.0. The molecule has 0 aliphatic carbocycles. The molecule has 19 heavy (non-hydrogen) atoms. The van der Waals surface area contributed by atoms with Crippen LogP contribution in [0, 0.1) is 0 Å². The molecule has 0 spiro atoms. The number of ether oxygens (including phenoxy) is 2. The Labute approximate surface area is 118 Å². The van der Waals surface area contributed by atoms with E-state index in [9.17, 15) is 4.79 Å². The zero-order valence-corrected chi connectivity index (χ0v) is 11.8. The lowest BCUT2D eigenvalue weighted by Gasteiger charge is -2.26. The van der Waals surface area contributed by atoms with E-state index in [1.54, 1.807) is 24.3 Å². The van der Waals surface area contributed by atoms with Crippen LogP contribution in [0.25, 0.3) is 0 Å². The molecule has 104 valence electrons. The van der Waals surface area contributed by atoms with E-state index in [1.807, 2.05) is 6.92 Å². The number of hydrogen-bond acceptors (Lipinski definition) is 3. The van der Waals surface area contributed by atoms with E-state index in [4.69, 9.17) is 21.1 Å². The van der Waals surface area contributed by atoms with Crippen molar-refractivity contribution in [2.24, 2.45) is 0 Å². The smallest absolute Gasteiger partial charge is 0.340 e. The first-order chi connectivity index (χ1) is 9.16. The fraction of sp³-hybridized carbons (Fsp3) is 0.500. The lowest BCUT2D eigenvalue weighted by molar-refractivity contribution is -0.910. The number of quaternary nitrogens is 1. The molecule has 0 aromatic heterocycles. The first-order valence-corrected chi connectivity index (χ1v) is 6.91. The zero-order valence-electron chi connectivity index (χ0n) is 11.0. The average Bonchev–Trinajstić information content (AvgIpc) is 2.40. The molecule has 1 aliphatic heterocycles. The van der Waals surface area contributed by atoms with Crippen LogP contribution >= 0.6 is 11.6 Å². The summed E-state index contributed by atoms with van der Waals surface area (Å²) in [5.41, 5.74) is 0.424. The Hall–Kier alpha value is -1.10. The van der Waals surface area contributed by atoms with E-state index in [0.29, 0.717) is 10.6 Å². The standard InChI is InChI=1S/C14H18ClNO3/c1-11(10-16-6-8-18-9-7-16)19-14(17)12-4-2-3-5-13(12)15/h2-5,11H,6-10H2,1H3/p+1/t11-/m1/s1. The van der Waals surface area contributed by atoms with Gasteiger partial charge in [-0.15, -0.1) is 0 Å². The monoisotopic (exact) mass is 284 g/mol. The molecule has 0 radical (unpaired) electrons. The minimum atomic E-state index is -0.356. The van der Waals surface area contributed by atoms with Gasteiger partial charge in [0.1, 0.15) is 25.7 Å². The van der Waals surface area contributed by atoms with E-state index in [1.165, 1.54) is 4.90 Å². The predicted octanol–water partition coefficient (Wildman–Crippen LogP) is 0.800. The molecule has 2 rings (SSSR count). The summed E-state index contributed by atoms with van der Waals surface area (Å²) in [6.07, 6.45) is -0.128. The van der Waals surface area contributed by atoms with Crippen LogP contribution in [0.5, 0.6) is 0 Å². The Morgan fingerprint density at radius 1 is 1.42 bits per heavy atom. The van der Waals surface area contributed by atoms with Gasteiger partial charge in [0.05, 0.1) is 23.8 Å². The Kier molecular flexibility index (Phi) is 5.19. The number of benzene rings is 1. The summed E-state index contributed by atoms with van der Waals surface area (Å²) in [5.74, 6) is -0.356. The summed E-state index contributed by atoms with van der Waals surface area (Å²) >= 11 is 5.97. The Balaban J connectivity index is 1.86. The van der Waals surface area contributed by atoms with Crippen molar-refractivity contribution in [2.45, 2.75) is 13.0 Å². The predicted molar refractivity (Wildman–Crippen MR) is 72.7 cm³/mol. The molecule has 1 atom stereocenters. The molecule has 1 saturated heterocycles. The van der Waals surface area contributed by atoms with Crippen molar-refractivity contribution >= 4 is 17.6 Å². The van der Waals surface area contributed by atoms with E-state index < -0.39 is 0 Å². The highest BCUT2D eigenvalue weighted by atomic mass is 35.5. The van der Waals surface area contributed by atoms with Gasteiger partial charge in [-0.05, 0) is 19.1 Å².